The Morgan fingerprint density at radius 1 is 1.26 bits per heavy atom. The first-order valence-electron chi connectivity index (χ1n) is 6.20. The van der Waals surface area contributed by atoms with E-state index in [1.165, 1.54) is 23.1 Å². The van der Waals surface area contributed by atoms with Crippen LogP contribution in [0.25, 0.3) is 0 Å². The van der Waals surface area contributed by atoms with Gasteiger partial charge in [-0.25, -0.2) is 0 Å². The number of nitrogens with one attached hydrogen (secondary N) is 1. The molecule has 1 fully saturated rings. The number of phenols is 1. The molecule has 0 saturated carbocycles. The first-order chi connectivity index (χ1) is 8.89. The molecule has 1 aliphatic rings. The minimum atomic E-state index is -4.32. The summed E-state index contributed by atoms with van der Waals surface area (Å²) in [6, 6.07) is 2.48. The highest BCUT2D eigenvalue weighted by Crippen LogP contribution is 2.38. The van der Waals surface area contributed by atoms with Gasteiger partial charge in [0.05, 0.1) is 0 Å². The van der Waals surface area contributed by atoms with E-state index in [2.05, 4.69) is 5.32 Å². The van der Waals surface area contributed by atoms with E-state index < -0.39 is 12.2 Å². The zero-order valence-electron chi connectivity index (χ0n) is 10.7. The van der Waals surface area contributed by atoms with Gasteiger partial charge in [-0.2, -0.15) is 13.2 Å². The van der Waals surface area contributed by atoms with Crippen molar-refractivity contribution in [1.29, 1.82) is 0 Å². The Bertz CT molecular complexity index is 442. The van der Waals surface area contributed by atoms with E-state index in [1.807, 2.05) is 0 Å². The number of nitrogens with zero attached hydrogens (tertiary/aromatic N) is 1. The topological polar surface area (TPSA) is 35.5 Å². The molecule has 3 nitrogen and oxygen atoms in total. The van der Waals surface area contributed by atoms with Crippen molar-refractivity contribution in [2.75, 3.05) is 26.2 Å². The first-order valence-corrected chi connectivity index (χ1v) is 6.20. The van der Waals surface area contributed by atoms with E-state index in [0.29, 0.717) is 31.7 Å². The maximum atomic E-state index is 13.3. The van der Waals surface area contributed by atoms with Gasteiger partial charge in [0.1, 0.15) is 11.8 Å². The molecule has 0 bridgehead atoms. The Labute approximate surface area is 110 Å². The second-order valence-electron chi connectivity index (χ2n) is 4.78. The van der Waals surface area contributed by atoms with Gasteiger partial charge < -0.3 is 10.4 Å². The lowest BCUT2D eigenvalue weighted by atomic mass is 10.0. The Balaban J connectivity index is 2.33. The molecule has 0 unspecified atom stereocenters. The van der Waals surface area contributed by atoms with Gasteiger partial charge in [-0.15, -0.1) is 0 Å². The van der Waals surface area contributed by atoms with Crippen LogP contribution in [0.4, 0.5) is 13.2 Å². The zero-order chi connectivity index (χ0) is 14.0. The smallest absolute Gasteiger partial charge is 0.408 e. The van der Waals surface area contributed by atoms with Gasteiger partial charge in [0.25, 0.3) is 0 Å². The van der Waals surface area contributed by atoms with E-state index in [9.17, 15) is 18.3 Å². The summed E-state index contributed by atoms with van der Waals surface area (Å²) in [5.74, 6) is 0.0185. The standard InChI is InChI=1S/C13H17F3N2O/c1-9-8-10(2-3-11(9)19)12(13(14,15)16)18-6-4-17-5-7-18/h2-3,8,12,17,19H,4-7H2,1H3/t12-/m0/s1. The number of rotatable bonds is 2. The molecule has 1 aromatic rings. The van der Waals surface area contributed by atoms with E-state index in [1.54, 1.807) is 6.92 Å². The van der Waals surface area contributed by atoms with Gasteiger partial charge >= 0.3 is 6.18 Å². The minimum Gasteiger partial charge on any atom is -0.508 e. The van der Waals surface area contributed by atoms with Crippen LogP contribution >= 0.6 is 0 Å². The van der Waals surface area contributed by atoms with Crippen molar-refractivity contribution in [3.8, 4) is 5.75 Å². The number of phenolic OH excluding ortho intramolecular Hbond substituents is 1. The molecule has 2 rings (SSSR count). The molecule has 106 valence electrons. The van der Waals surface area contributed by atoms with Gasteiger partial charge in [0.2, 0.25) is 0 Å². The SMILES string of the molecule is Cc1cc([C@H](N2CCNCC2)C(F)(F)F)ccc1O. The molecule has 0 aromatic heterocycles. The lowest BCUT2D eigenvalue weighted by Crippen LogP contribution is -2.49. The summed E-state index contributed by atoms with van der Waals surface area (Å²) in [7, 11) is 0. The highest BCUT2D eigenvalue weighted by atomic mass is 19.4. The van der Waals surface area contributed by atoms with Crippen LogP contribution in [0.1, 0.15) is 17.2 Å². The van der Waals surface area contributed by atoms with E-state index >= 15 is 0 Å². The number of hydrogen-bond donors (Lipinski definition) is 2. The van der Waals surface area contributed by atoms with Crippen LogP contribution in [0.2, 0.25) is 0 Å². The molecular weight excluding hydrogens is 257 g/mol. The van der Waals surface area contributed by atoms with Crippen LogP contribution in [-0.2, 0) is 0 Å². The molecule has 1 aliphatic heterocycles. The van der Waals surface area contributed by atoms with Gasteiger partial charge in [-0.05, 0) is 24.1 Å². The number of aromatic hydroxyl groups is 1. The maximum absolute atomic E-state index is 13.3. The van der Waals surface area contributed by atoms with Crippen molar-refractivity contribution in [3.05, 3.63) is 29.3 Å². The van der Waals surface area contributed by atoms with E-state index in [0.717, 1.165) is 0 Å². The Hall–Kier alpha value is -1.27. The van der Waals surface area contributed by atoms with E-state index in [-0.39, 0.29) is 11.3 Å². The molecule has 0 spiro atoms. The molecule has 1 heterocycles. The summed E-state index contributed by atoms with van der Waals surface area (Å²) in [5, 5.41) is 12.5. The van der Waals surface area contributed by atoms with Crippen molar-refractivity contribution >= 4 is 0 Å². The Morgan fingerprint density at radius 2 is 1.89 bits per heavy atom. The van der Waals surface area contributed by atoms with Crippen molar-refractivity contribution in [2.45, 2.75) is 19.1 Å². The highest BCUT2D eigenvalue weighted by Gasteiger charge is 2.44. The maximum Gasteiger partial charge on any atom is 0.408 e. The second kappa shape index (κ2) is 5.38. The summed E-state index contributed by atoms with van der Waals surface area (Å²) < 4.78 is 39.9. The number of halogens is 3. The predicted molar refractivity (Wildman–Crippen MR) is 66.1 cm³/mol. The summed E-state index contributed by atoms with van der Waals surface area (Å²) in [6.45, 7) is 3.45. The minimum absolute atomic E-state index is 0.0185. The van der Waals surface area contributed by atoms with Crippen LogP contribution < -0.4 is 5.32 Å². The summed E-state index contributed by atoms with van der Waals surface area (Å²) in [6.07, 6.45) is -4.32. The summed E-state index contributed by atoms with van der Waals surface area (Å²) in [5.41, 5.74) is 0.645. The fraction of sp³-hybridized carbons (Fsp3) is 0.538. The molecular formula is C13H17F3N2O. The number of aryl methyl sites for hydroxylation is 1. The largest absolute Gasteiger partial charge is 0.508 e. The lowest BCUT2D eigenvalue weighted by Gasteiger charge is -2.36. The molecule has 0 radical (unpaired) electrons. The molecule has 0 amide bonds. The third-order valence-electron chi connectivity index (χ3n) is 3.36. The van der Waals surface area contributed by atoms with Crippen molar-refractivity contribution in [1.82, 2.24) is 10.2 Å². The number of benzene rings is 1. The normalized spacial score (nSPS) is 19.4. The quantitative estimate of drug-likeness (QED) is 0.868. The lowest BCUT2D eigenvalue weighted by molar-refractivity contribution is -0.187. The molecule has 1 saturated heterocycles. The van der Waals surface area contributed by atoms with Crippen LogP contribution in [0.5, 0.6) is 5.75 Å². The summed E-state index contributed by atoms with van der Waals surface area (Å²) in [4.78, 5) is 1.43. The highest BCUT2D eigenvalue weighted by molar-refractivity contribution is 5.36. The van der Waals surface area contributed by atoms with Crippen molar-refractivity contribution in [3.63, 3.8) is 0 Å². The average molecular weight is 274 g/mol. The third-order valence-corrected chi connectivity index (χ3v) is 3.36. The Kier molecular flexibility index (Phi) is 4.01. The van der Waals surface area contributed by atoms with Crippen LogP contribution in [0.15, 0.2) is 18.2 Å². The second-order valence-corrected chi connectivity index (χ2v) is 4.78. The van der Waals surface area contributed by atoms with E-state index in [4.69, 9.17) is 0 Å². The zero-order valence-corrected chi connectivity index (χ0v) is 10.7. The van der Waals surface area contributed by atoms with Crippen LogP contribution in [0, 0.1) is 6.92 Å². The third kappa shape index (κ3) is 3.19. The number of hydrogen-bond acceptors (Lipinski definition) is 3. The van der Waals surface area contributed by atoms with Gasteiger partial charge in [0, 0.05) is 26.2 Å². The fourth-order valence-corrected chi connectivity index (χ4v) is 2.40. The number of piperazine rings is 1. The van der Waals surface area contributed by atoms with Crippen LogP contribution in [-0.4, -0.2) is 42.4 Å². The summed E-state index contributed by atoms with van der Waals surface area (Å²) >= 11 is 0. The molecule has 0 aliphatic carbocycles. The molecule has 2 N–H and O–H groups in total. The van der Waals surface area contributed by atoms with Gasteiger partial charge in [-0.3, -0.25) is 4.90 Å². The first kappa shape index (κ1) is 14.1. The fourth-order valence-electron chi connectivity index (χ4n) is 2.40. The molecule has 1 aromatic carbocycles. The monoisotopic (exact) mass is 274 g/mol. The van der Waals surface area contributed by atoms with Crippen molar-refractivity contribution < 1.29 is 18.3 Å². The Morgan fingerprint density at radius 3 is 2.42 bits per heavy atom. The molecule has 6 heteroatoms. The average Bonchev–Trinajstić information content (AvgIpc) is 2.34. The predicted octanol–water partition coefficient (Wildman–Crippen LogP) is 2.21. The number of alkyl halides is 3. The van der Waals surface area contributed by atoms with Crippen LogP contribution in [0.3, 0.4) is 0 Å². The molecule has 1 atom stereocenters. The van der Waals surface area contributed by atoms with Crippen molar-refractivity contribution in [2.24, 2.45) is 0 Å². The van der Waals surface area contributed by atoms with Gasteiger partial charge in [-0.1, -0.05) is 12.1 Å². The van der Waals surface area contributed by atoms with Gasteiger partial charge in [0.15, 0.2) is 0 Å². The molecule has 19 heavy (non-hydrogen) atoms.